The first-order valence-electron chi connectivity index (χ1n) is 9.65. The van der Waals surface area contributed by atoms with Gasteiger partial charge < -0.3 is 5.32 Å². The summed E-state index contributed by atoms with van der Waals surface area (Å²) in [5.74, 6) is -0.118. The number of hydrogen-bond donors (Lipinski definition) is 1. The van der Waals surface area contributed by atoms with E-state index in [2.05, 4.69) is 15.1 Å². The number of fused-ring (bicyclic) bond motifs is 1. The minimum Gasteiger partial charge on any atom is -0.319 e. The molecule has 2 saturated heterocycles. The zero-order valence-electron chi connectivity index (χ0n) is 16.0. The van der Waals surface area contributed by atoms with Crippen LogP contribution in [0.4, 0.5) is 5.69 Å². The fraction of sp³-hybridized carbons (Fsp3) is 0.500. The molecule has 27 heavy (non-hydrogen) atoms. The zero-order valence-corrected chi connectivity index (χ0v) is 16.0. The van der Waals surface area contributed by atoms with E-state index in [1.807, 2.05) is 44.3 Å². The second-order valence-electron chi connectivity index (χ2n) is 7.55. The summed E-state index contributed by atoms with van der Waals surface area (Å²) in [6.45, 7) is 6.26. The second kappa shape index (κ2) is 7.32. The summed E-state index contributed by atoms with van der Waals surface area (Å²) in [5.41, 5.74) is 1.70. The smallest absolute Gasteiger partial charge is 0.295 e. The third kappa shape index (κ3) is 3.44. The van der Waals surface area contributed by atoms with E-state index in [1.165, 1.54) is 19.4 Å². The van der Waals surface area contributed by atoms with E-state index in [1.54, 1.807) is 9.36 Å². The Labute approximate surface area is 159 Å². The lowest BCUT2D eigenvalue weighted by Crippen LogP contribution is -2.51. The van der Waals surface area contributed by atoms with Crippen molar-refractivity contribution in [3.8, 4) is 5.69 Å². The maximum atomic E-state index is 12.9. The van der Waals surface area contributed by atoms with Gasteiger partial charge in [-0.2, -0.15) is 0 Å². The molecule has 1 amide bonds. The van der Waals surface area contributed by atoms with Crippen molar-refractivity contribution in [2.24, 2.45) is 7.05 Å². The lowest BCUT2D eigenvalue weighted by Gasteiger charge is -2.37. The van der Waals surface area contributed by atoms with E-state index < -0.39 is 0 Å². The summed E-state index contributed by atoms with van der Waals surface area (Å²) in [4.78, 5) is 30.2. The molecule has 1 aromatic heterocycles. The van der Waals surface area contributed by atoms with Gasteiger partial charge in [0.05, 0.1) is 17.9 Å². The number of piperazine rings is 1. The molecule has 4 rings (SSSR count). The van der Waals surface area contributed by atoms with E-state index in [-0.39, 0.29) is 11.5 Å². The van der Waals surface area contributed by atoms with E-state index >= 15 is 0 Å². The SMILES string of the molecule is Cc1c(NC(=O)CN2CCN3CCCC3C2)c(=O)n(-c2ccccc2)n1C. The van der Waals surface area contributed by atoms with Crippen LogP contribution in [0, 0.1) is 6.92 Å². The Morgan fingerprint density at radius 2 is 1.96 bits per heavy atom. The van der Waals surface area contributed by atoms with E-state index in [0.717, 1.165) is 31.0 Å². The van der Waals surface area contributed by atoms with Crippen molar-refractivity contribution in [1.82, 2.24) is 19.2 Å². The predicted octanol–water partition coefficient (Wildman–Crippen LogP) is 1.20. The number of aromatic nitrogens is 2. The molecule has 0 radical (unpaired) electrons. The standard InChI is InChI=1S/C20H27N5O2/c1-15-19(20(27)25(22(15)2)16-7-4-3-5-8-16)21-18(26)14-23-11-12-24-10-6-9-17(24)13-23/h3-5,7-8,17H,6,9-14H2,1-2H3,(H,21,26). The van der Waals surface area contributed by atoms with Crippen molar-refractivity contribution in [3.63, 3.8) is 0 Å². The summed E-state index contributed by atoms with van der Waals surface area (Å²) in [5, 5.41) is 2.87. The highest BCUT2D eigenvalue weighted by atomic mass is 16.2. The van der Waals surface area contributed by atoms with Gasteiger partial charge in [0.15, 0.2) is 0 Å². The van der Waals surface area contributed by atoms with Gasteiger partial charge >= 0.3 is 0 Å². The van der Waals surface area contributed by atoms with Crippen LogP contribution >= 0.6 is 0 Å². The van der Waals surface area contributed by atoms with E-state index in [9.17, 15) is 9.59 Å². The highest BCUT2D eigenvalue weighted by Gasteiger charge is 2.31. The van der Waals surface area contributed by atoms with E-state index in [0.29, 0.717) is 18.3 Å². The van der Waals surface area contributed by atoms with Crippen LogP contribution in [-0.2, 0) is 11.8 Å². The molecular weight excluding hydrogens is 342 g/mol. The predicted molar refractivity (Wildman–Crippen MR) is 105 cm³/mol. The molecule has 1 N–H and O–H groups in total. The van der Waals surface area contributed by atoms with Gasteiger partial charge in [-0.3, -0.25) is 24.1 Å². The fourth-order valence-corrected chi connectivity index (χ4v) is 4.29. The number of para-hydroxylation sites is 1. The number of rotatable bonds is 4. The Morgan fingerprint density at radius 3 is 2.74 bits per heavy atom. The van der Waals surface area contributed by atoms with Gasteiger partial charge in [0.1, 0.15) is 5.69 Å². The summed E-state index contributed by atoms with van der Waals surface area (Å²) in [7, 11) is 1.83. The maximum Gasteiger partial charge on any atom is 0.295 e. The van der Waals surface area contributed by atoms with Crippen molar-refractivity contribution in [2.75, 3.05) is 38.0 Å². The van der Waals surface area contributed by atoms with Crippen LogP contribution in [0.2, 0.25) is 0 Å². The third-order valence-electron chi connectivity index (χ3n) is 5.86. The van der Waals surface area contributed by atoms with Gasteiger partial charge in [-0.1, -0.05) is 18.2 Å². The monoisotopic (exact) mass is 369 g/mol. The lowest BCUT2D eigenvalue weighted by molar-refractivity contribution is -0.117. The number of carbonyl (C=O) groups is 1. The quantitative estimate of drug-likeness (QED) is 0.880. The van der Waals surface area contributed by atoms with Crippen molar-refractivity contribution >= 4 is 11.6 Å². The molecule has 0 spiro atoms. The highest BCUT2D eigenvalue weighted by molar-refractivity contribution is 5.92. The van der Waals surface area contributed by atoms with Crippen LogP contribution < -0.4 is 10.9 Å². The summed E-state index contributed by atoms with van der Waals surface area (Å²) < 4.78 is 3.37. The fourth-order valence-electron chi connectivity index (χ4n) is 4.29. The van der Waals surface area contributed by atoms with Gasteiger partial charge in [0.2, 0.25) is 5.91 Å². The number of anilines is 1. The van der Waals surface area contributed by atoms with Crippen molar-refractivity contribution in [2.45, 2.75) is 25.8 Å². The Hall–Kier alpha value is -2.38. The molecule has 144 valence electrons. The average Bonchev–Trinajstić information content (AvgIpc) is 3.21. The molecule has 0 bridgehead atoms. The highest BCUT2D eigenvalue weighted by Crippen LogP contribution is 2.21. The summed E-state index contributed by atoms with van der Waals surface area (Å²) in [6, 6.07) is 10.1. The van der Waals surface area contributed by atoms with Crippen molar-refractivity contribution in [1.29, 1.82) is 0 Å². The lowest BCUT2D eigenvalue weighted by atomic mass is 10.1. The van der Waals surface area contributed by atoms with Crippen LogP contribution in [0.5, 0.6) is 0 Å². The van der Waals surface area contributed by atoms with Crippen molar-refractivity contribution in [3.05, 3.63) is 46.4 Å². The Kier molecular flexibility index (Phi) is 4.88. The first-order valence-corrected chi connectivity index (χ1v) is 9.65. The van der Waals surface area contributed by atoms with Crippen LogP contribution in [0.1, 0.15) is 18.5 Å². The third-order valence-corrected chi connectivity index (χ3v) is 5.86. The first kappa shape index (κ1) is 18.0. The molecule has 7 nitrogen and oxygen atoms in total. The van der Waals surface area contributed by atoms with Crippen LogP contribution in [0.3, 0.4) is 0 Å². The molecule has 2 aromatic rings. The van der Waals surface area contributed by atoms with Crippen LogP contribution in [-0.4, -0.2) is 63.8 Å². The second-order valence-corrected chi connectivity index (χ2v) is 7.55. The normalized spacial score (nSPS) is 20.6. The number of hydrogen-bond acceptors (Lipinski definition) is 4. The molecule has 2 fully saturated rings. The maximum absolute atomic E-state index is 12.9. The largest absolute Gasteiger partial charge is 0.319 e. The minimum atomic E-state index is -0.199. The van der Waals surface area contributed by atoms with Gasteiger partial charge in [-0.25, -0.2) is 4.68 Å². The van der Waals surface area contributed by atoms with Gasteiger partial charge in [0.25, 0.3) is 5.56 Å². The number of nitrogens with zero attached hydrogens (tertiary/aromatic N) is 4. The first-order chi connectivity index (χ1) is 13.0. The molecule has 0 aliphatic carbocycles. The molecule has 0 saturated carbocycles. The molecule has 1 aromatic carbocycles. The Bertz CT molecular complexity index is 886. The molecule has 7 heteroatoms. The summed E-state index contributed by atoms with van der Waals surface area (Å²) >= 11 is 0. The molecule has 1 atom stereocenters. The minimum absolute atomic E-state index is 0.118. The van der Waals surface area contributed by atoms with Gasteiger partial charge in [0, 0.05) is 32.7 Å². The Balaban J connectivity index is 1.48. The number of benzene rings is 1. The van der Waals surface area contributed by atoms with Crippen LogP contribution in [0.15, 0.2) is 35.1 Å². The van der Waals surface area contributed by atoms with E-state index in [4.69, 9.17) is 0 Å². The molecule has 2 aliphatic rings. The van der Waals surface area contributed by atoms with Crippen molar-refractivity contribution < 1.29 is 4.79 Å². The number of nitrogens with one attached hydrogen (secondary N) is 1. The zero-order chi connectivity index (χ0) is 19.0. The van der Waals surface area contributed by atoms with Gasteiger partial charge in [-0.05, 0) is 38.4 Å². The Morgan fingerprint density at radius 1 is 1.19 bits per heavy atom. The summed E-state index contributed by atoms with van der Waals surface area (Å²) in [6.07, 6.45) is 2.48. The molecule has 2 aliphatic heterocycles. The van der Waals surface area contributed by atoms with Crippen LogP contribution in [0.25, 0.3) is 5.69 Å². The molecule has 3 heterocycles. The molecule has 1 unspecified atom stereocenters. The average molecular weight is 369 g/mol. The topological polar surface area (TPSA) is 62.5 Å². The van der Waals surface area contributed by atoms with Gasteiger partial charge in [-0.15, -0.1) is 0 Å². The molecular formula is C20H27N5O2. The number of amides is 1. The number of carbonyl (C=O) groups excluding carboxylic acids is 1.